The second kappa shape index (κ2) is 4.88. The van der Waals surface area contributed by atoms with Crippen molar-refractivity contribution in [3.8, 4) is 17.7 Å². The summed E-state index contributed by atoms with van der Waals surface area (Å²) in [6, 6.07) is 7.24. The van der Waals surface area contributed by atoms with Crippen LogP contribution in [0.3, 0.4) is 0 Å². The molecule has 2 rings (SSSR count). The Kier molecular flexibility index (Phi) is 3.11. The normalized spacial score (nSPS) is 9.50. The molecule has 0 radical (unpaired) electrons. The molecule has 0 N–H and O–H groups in total. The molecule has 1 aromatic carbocycles. The lowest BCUT2D eigenvalue weighted by atomic mass is 10.2. The van der Waals surface area contributed by atoms with Gasteiger partial charge in [0.15, 0.2) is 0 Å². The van der Waals surface area contributed by atoms with Crippen molar-refractivity contribution in [1.29, 1.82) is 5.26 Å². The van der Waals surface area contributed by atoms with E-state index in [-0.39, 0.29) is 22.9 Å². The van der Waals surface area contributed by atoms with Gasteiger partial charge in [-0.2, -0.15) is 5.26 Å². The smallest absolute Gasteiger partial charge is 0.290 e. The van der Waals surface area contributed by atoms with Gasteiger partial charge in [-0.25, -0.2) is 9.97 Å². The molecule has 88 valence electrons. The molecule has 0 fully saturated rings. The molecule has 0 spiro atoms. The zero-order valence-electron chi connectivity index (χ0n) is 8.98. The Morgan fingerprint density at radius 3 is 2.83 bits per heavy atom. The van der Waals surface area contributed by atoms with Gasteiger partial charge in [-0.05, 0) is 12.1 Å². The molecule has 18 heavy (non-hydrogen) atoms. The Morgan fingerprint density at radius 2 is 2.22 bits per heavy atom. The van der Waals surface area contributed by atoms with E-state index >= 15 is 0 Å². The van der Waals surface area contributed by atoms with Gasteiger partial charge in [-0.15, -0.1) is 0 Å². The molecule has 2 aromatic rings. The first-order chi connectivity index (χ1) is 8.70. The molecule has 0 unspecified atom stereocenters. The lowest BCUT2D eigenvalue weighted by molar-refractivity contribution is -0.385. The molecule has 0 amide bonds. The highest BCUT2D eigenvalue weighted by Gasteiger charge is 2.15. The van der Waals surface area contributed by atoms with Crippen molar-refractivity contribution in [1.82, 2.24) is 9.97 Å². The van der Waals surface area contributed by atoms with Gasteiger partial charge in [0, 0.05) is 12.3 Å². The Balaban J connectivity index is 2.34. The predicted molar refractivity (Wildman–Crippen MR) is 59.9 cm³/mol. The average molecular weight is 242 g/mol. The third-order valence-electron chi connectivity index (χ3n) is 2.06. The zero-order chi connectivity index (χ0) is 13.0. The van der Waals surface area contributed by atoms with Crippen LogP contribution in [0.1, 0.15) is 5.56 Å². The SMILES string of the molecule is N#Cc1ccc(Oc2ccncn2)cc1[N+](=O)[O-]. The Labute approximate surface area is 101 Å². The number of rotatable bonds is 3. The minimum Gasteiger partial charge on any atom is -0.439 e. The molecule has 0 saturated heterocycles. The maximum Gasteiger partial charge on any atom is 0.290 e. The summed E-state index contributed by atoms with van der Waals surface area (Å²) in [7, 11) is 0. The number of ether oxygens (including phenoxy) is 1. The van der Waals surface area contributed by atoms with E-state index in [0.717, 1.165) is 0 Å². The summed E-state index contributed by atoms with van der Waals surface area (Å²) in [6.45, 7) is 0. The molecule has 1 aromatic heterocycles. The highest BCUT2D eigenvalue weighted by Crippen LogP contribution is 2.26. The number of nitriles is 1. The van der Waals surface area contributed by atoms with Crippen LogP contribution in [-0.2, 0) is 0 Å². The second-order valence-corrected chi connectivity index (χ2v) is 3.20. The maximum atomic E-state index is 10.8. The molecule has 0 bridgehead atoms. The Morgan fingerprint density at radius 1 is 1.39 bits per heavy atom. The number of nitrogens with zero attached hydrogens (tertiary/aromatic N) is 4. The monoisotopic (exact) mass is 242 g/mol. The summed E-state index contributed by atoms with van der Waals surface area (Å²) < 4.78 is 5.30. The Bertz CT molecular complexity index is 622. The summed E-state index contributed by atoms with van der Waals surface area (Å²) in [5, 5.41) is 19.5. The van der Waals surface area contributed by atoms with Gasteiger partial charge in [0.2, 0.25) is 5.88 Å². The number of hydrogen-bond donors (Lipinski definition) is 0. The van der Waals surface area contributed by atoms with Crippen LogP contribution in [0.15, 0.2) is 36.8 Å². The van der Waals surface area contributed by atoms with Crippen molar-refractivity contribution in [3.05, 3.63) is 52.5 Å². The van der Waals surface area contributed by atoms with Gasteiger partial charge < -0.3 is 4.74 Å². The highest BCUT2D eigenvalue weighted by molar-refractivity contribution is 5.52. The second-order valence-electron chi connectivity index (χ2n) is 3.20. The number of nitro benzene ring substituents is 1. The highest BCUT2D eigenvalue weighted by atomic mass is 16.6. The third-order valence-corrected chi connectivity index (χ3v) is 2.06. The third kappa shape index (κ3) is 2.38. The van der Waals surface area contributed by atoms with Gasteiger partial charge >= 0.3 is 0 Å². The van der Waals surface area contributed by atoms with E-state index in [1.807, 2.05) is 0 Å². The zero-order valence-corrected chi connectivity index (χ0v) is 8.98. The number of aromatic nitrogens is 2. The van der Waals surface area contributed by atoms with Crippen molar-refractivity contribution >= 4 is 5.69 Å². The van der Waals surface area contributed by atoms with E-state index in [1.165, 1.54) is 36.8 Å². The van der Waals surface area contributed by atoms with E-state index in [2.05, 4.69) is 9.97 Å². The predicted octanol–water partition coefficient (Wildman–Crippen LogP) is 2.05. The largest absolute Gasteiger partial charge is 0.439 e. The lowest BCUT2D eigenvalue weighted by Gasteiger charge is -2.03. The fourth-order valence-corrected chi connectivity index (χ4v) is 1.28. The van der Waals surface area contributed by atoms with E-state index in [0.29, 0.717) is 0 Å². The van der Waals surface area contributed by atoms with Gasteiger partial charge in [0.1, 0.15) is 23.7 Å². The minimum absolute atomic E-state index is 0.0185. The van der Waals surface area contributed by atoms with E-state index in [4.69, 9.17) is 10.00 Å². The molecule has 0 aliphatic carbocycles. The first-order valence-corrected chi connectivity index (χ1v) is 4.83. The van der Waals surface area contributed by atoms with Crippen LogP contribution in [0.4, 0.5) is 5.69 Å². The van der Waals surface area contributed by atoms with Crippen LogP contribution in [0, 0.1) is 21.4 Å². The van der Waals surface area contributed by atoms with Crippen LogP contribution < -0.4 is 4.74 Å². The maximum absolute atomic E-state index is 10.8. The van der Waals surface area contributed by atoms with Crippen LogP contribution in [-0.4, -0.2) is 14.9 Å². The fraction of sp³-hybridized carbons (Fsp3) is 0. The lowest BCUT2D eigenvalue weighted by Crippen LogP contribution is -1.94. The average Bonchev–Trinajstić information content (AvgIpc) is 2.40. The van der Waals surface area contributed by atoms with Crippen LogP contribution >= 0.6 is 0 Å². The first-order valence-electron chi connectivity index (χ1n) is 4.83. The minimum atomic E-state index is -0.634. The molecule has 0 aliphatic heterocycles. The molecule has 7 nitrogen and oxygen atoms in total. The molecular formula is C11H6N4O3. The topological polar surface area (TPSA) is 102 Å². The molecule has 0 saturated carbocycles. The molecule has 0 atom stereocenters. The first kappa shape index (κ1) is 11.5. The van der Waals surface area contributed by atoms with Crippen molar-refractivity contribution in [2.24, 2.45) is 0 Å². The van der Waals surface area contributed by atoms with Gasteiger partial charge in [-0.3, -0.25) is 10.1 Å². The van der Waals surface area contributed by atoms with Gasteiger partial charge in [-0.1, -0.05) is 0 Å². The van der Waals surface area contributed by atoms with Crippen molar-refractivity contribution < 1.29 is 9.66 Å². The standard InChI is InChI=1S/C11H6N4O3/c12-6-8-1-2-9(5-10(8)15(16)17)18-11-3-4-13-7-14-11/h1-5,7H. The van der Waals surface area contributed by atoms with Crippen molar-refractivity contribution in [2.45, 2.75) is 0 Å². The van der Waals surface area contributed by atoms with Gasteiger partial charge in [0.05, 0.1) is 11.0 Å². The Hall–Kier alpha value is -3.01. The van der Waals surface area contributed by atoms with E-state index < -0.39 is 4.92 Å². The molecular weight excluding hydrogens is 236 g/mol. The number of benzene rings is 1. The van der Waals surface area contributed by atoms with Crippen molar-refractivity contribution in [3.63, 3.8) is 0 Å². The summed E-state index contributed by atoms with van der Waals surface area (Å²) >= 11 is 0. The molecule has 0 aliphatic rings. The summed E-state index contributed by atoms with van der Waals surface area (Å²) in [5.41, 5.74) is -0.320. The van der Waals surface area contributed by atoms with E-state index in [1.54, 1.807) is 6.07 Å². The fourth-order valence-electron chi connectivity index (χ4n) is 1.28. The van der Waals surface area contributed by atoms with Crippen LogP contribution in [0.5, 0.6) is 11.6 Å². The van der Waals surface area contributed by atoms with Gasteiger partial charge in [0.25, 0.3) is 5.69 Å². The molecule has 1 heterocycles. The number of nitro groups is 1. The van der Waals surface area contributed by atoms with Crippen molar-refractivity contribution in [2.75, 3.05) is 0 Å². The summed E-state index contributed by atoms with van der Waals surface area (Å²) in [4.78, 5) is 17.7. The quantitative estimate of drug-likeness (QED) is 0.602. The molecule has 7 heteroatoms. The summed E-state index contributed by atoms with van der Waals surface area (Å²) in [5.74, 6) is 0.503. The van der Waals surface area contributed by atoms with E-state index in [9.17, 15) is 10.1 Å². The number of hydrogen-bond acceptors (Lipinski definition) is 6. The summed E-state index contributed by atoms with van der Waals surface area (Å²) in [6.07, 6.45) is 2.79. The van der Waals surface area contributed by atoms with Crippen LogP contribution in [0.2, 0.25) is 0 Å². The van der Waals surface area contributed by atoms with Crippen LogP contribution in [0.25, 0.3) is 0 Å².